The molecule has 1 saturated carbocycles. The molecule has 2 heterocycles. The average molecular weight is 690 g/mol. The molecular weight excluding hydrogens is 645 g/mol. The number of phenols is 1. The van der Waals surface area contributed by atoms with Crippen LogP contribution in [-0.4, -0.2) is 78.7 Å². The summed E-state index contributed by atoms with van der Waals surface area (Å²) in [6, 6.07) is 17.9. The van der Waals surface area contributed by atoms with Crippen LogP contribution in [-0.2, 0) is 19.1 Å². The molecule has 0 radical (unpaired) electrons. The number of thioether (sulfide) groups is 1. The van der Waals surface area contributed by atoms with Crippen LogP contribution in [0, 0.1) is 11.7 Å². The van der Waals surface area contributed by atoms with Crippen LogP contribution in [0.4, 0.5) is 20.6 Å². The van der Waals surface area contributed by atoms with Crippen LogP contribution in [0.3, 0.4) is 0 Å². The Balaban J connectivity index is 1.36. The van der Waals surface area contributed by atoms with Gasteiger partial charge in [0.1, 0.15) is 5.60 Å². The number of phenolic OH excluding ortho intramolecular Hbond substituents is 1. The topological polar surface area (TPSA) is 99.6 Å². The first kappa shape index (κ1) is 34.8. The van der Waals surface area contributed by atoms with Crippen molar-refractivity contribution in [2.45, 2.75) is 68.9 Å². The van der Waals surface area contributed by atoms with Gasteiger partial charge in [0.25, 0.3) is 0 Å². The number of nitrogens with zero attached hydrogens (tertiary/aromatic N) is 3. The second-order valence-corrected chi connectivity index (χ2v) is 15.0. The quantitative estimate of drug-likeness (QED) is 0.237. The van der Waals surface area contributed by atoms with E-state index in [4.69, 9.17) is 9.47 Å². The van der Waals surface area contributed by atoms with Crippen molar-refractivity contribution in [2.24, 2.45) is 5.92 Å². The molecule has 11 heteroatoms. The molecule has 6 rings (SSSR count). The molecule has 0 unspecified atom stereocenters. The van der Waals surface area contributed by atoms with Crippen LogP contribution >= 0.6 is 11.8 Å². The summed E-state index contributed by atoms with van der Waals surface area (Å²) in [5, 5.41) is 10.0. The maximum atomic E-state index is 15.0. The van der Waals surface area contributed by atoms with Crippen molar-refractivity contribution in [1.82, 2.24) is 4.90 Å². The number of anilines is 2. The lowest BCUT2D eigenvalue weighted by atomic mass is 9.78. The third-order valence-electron chi connectivity index (χ3n) is 9.23. The largest absolute Gasteiger partial charge is 0.505 e. The maximum Gasteiger partial charge on any atom is 0.410 e. The van der Waals surface area contributed by atoms with E-state index in [1.807, 2.05) is 62.1 Å². The minimum Gasteiger partial charge on any atom is -0.505 e. The number of likely N-dealkylation sites (tertiary alicyclic amines) is 1. The monoisotopic (exact) mass is 689 g/mol. The lowest BCUT2D eigenvalue weighted by Crippen LogP contribution is -2.51. The Bertz CT molecular complexity index is 1720. The SMILES string of the molecule is COCCCN1C(=O)CSc2ccc(N(C(=O)[C@H]3CN(C(=O)OC(C)(C)C)CC[C@@H]3c3cccc(-c4cccc(O)c4F)c3)C3CC3)cc21. The highest BCUT2D eigenvalue weighted by Crippen LogP contribution is 2.44. The molecule has 2 aliphatic heterocycles. The number of rotatable bonds is 9. The van der Waals surface area contributed by atoms with Gasteiger partial charge in [0, 0.05) is 55.5 Å². The molecule has 49 heavy (non-hydrogen) atoms. The lowest BCUT2D eigenvalue weighted by molar-refractivity contribution is -0.124. The minimum atomic E-state index is -0.702. The molecule has 3 aromatic carbocycles. The first-order chi connectivity index (χ1) is 23.4. The maximum absolute atomic E-state index is 15.0. The fourth-order valence-corrected chi connectivity index (χ4v) is 7.67. The first-order valence-electron chi connectivity index (χ1n) is 16.9. The standard InChI is InChI=1S/C38H44FN3O6S/c1-38(2,3)48-37(46)40-18-16-28(24-8-5-9-25(20-24)29-10-6-11-32(43)35(29)39)30(22-40)36(45)42(26-12-13-26)27-14-15-33-31(21-27)41(17-7-19-47-4)34(44)23-49-33/h5-6,8-11,14-15,20-21,26,28,30,43H,7,12-13,16-19,22-23H2,1-4H3/t28-,30+/m1/s1. The first-order valence-corrected chi connectivity index (χ1v) is 17.9. The van der Waals surface area contributed by atoms with E-state index < -0.39 is 29.2 Å². The molecule has 2 fully saturated rings. The number of hydrogen-bond donors (Lipinski definition) is 1. The predicted octanol–water partition coefficient (Wildman–Crippen LogP) is 7.21. The van der Waals surface area contributed by atoms with Crippen LogP contribution < -0.4 is 9.80 Å². The van der Waals surface area contributed by atoms with E-state index in [2.05, 4.69) is 0 Å². The van der Waals surface area contributed by atoms with E-state index in [-0.39, 0.29) is 35.9 Å². The molecule has 2 atom stereocenters. The number of piperidine rings is 1. The van der Waals surface area contributed by atoms with Crippen LogP contribution in [0.5, 0.6) is 5.75 Å². The third kappa shape index (κ3) is 7.73. The van der Waals surface area contributed by atoms with Crippen LogP contribution in [0.25, 0.3) is 11.1 Å². The van der Waals surface area contributed by atoms with Crippen molar-refractivity contribution in [3.8, 4) is 16.9 Å². The number of fused-ring (bicyclic) bond motifs is 1. The molecular formula is C38H44FN3O6S. The summed E-state index contributed by atoms with van der Waals surface area (Å²) in [5.74, 6) is -1.73. The van der Waals surface area contributed by atoms with Crippen LogP contribution in [0.2, 0.25) is 0 Å². The number of amides is 3. The van der Waals surface area contributed by atoms with Crippen molar-refractivity contribution in [3.63, 3.8) is 0 Å². The Morgan fingerprint density at radius 3 is 2.57 bits per heavy atom. The van der Waals surface area contributed by atoms with Gasteiger partial charge < -0.3 is 29.3 Å². The Morgan fingerprint density at radius 1 is 1.06 bits per heavy atom. The summed E-state index contributed by atoms with van der Waals surface area (Å²) >= 11 is 1.50. The van der Waals surface area contributed by atoms with Gasteiger partial charge in [-0.25, -0.2) is 9.18 Å². The summed E-state index contributed by atoms with van der Waals surface area (Å²) in [4.78, 5) is 47.6. The third-order valence-corrected chi connectivity index (χ3v) is 10.3. The van der Waals surface area contributed by atoms with Crippen molar-refractivity contribution >= 4 is 41.0 Å². The van der Waals surface area contributed by atoms with Gasteiger partial charge in [-0.1, -0.05) is 36.4 Å². The van der Waals surface area contributed by atoms with E-state index in [9.17, 15) is 23.9 Å². The second kappa shape index (κ2) is 14.4. The van der Waals surface area contributed by atoms with Gasteiger partial charge >= 0.3 is 6.09 Å². The number of benzene rings is 3. The lowest BCUT2D eigenvalue weighted by Gasteiger charge is -2.41. The summed E-state index contributed by atoms with van der Waals surface area (Å²) in [7, 11) is 1.64. The summed E-state index contributed by atoms with van der Waals surface area (Å²) in [5.41, 5.74) is 2.55. The Morgan fingerprint density at radius 2 is 1.84 bits per heavy atom. The summed E-state index contributed by atoms with van der Waals surface area (Å²) in [6.07, 6.45) is 2.44. The van der Waals surface area contributed by atoms with E-state index in [0.29, 0.717) is 43.9 Å². The molecule has 260 valence electrons. The number of carbonyl (C=O) groups excluding carboxylic acids is 3. The molecule has 1 N–H and O–H groups in total. The number of carbonyl (C=O) groups is 3. The molecule has 1 aliphatic carbocycles. The van der Waals surface area contributed by atoms with Crippen molar-refractivity contribution in [2.75, 3.05) is 48.9 Å². The van der Waals surface area contributed by atoms with Crippen LogP contribution in [0.1, 0.15) is 57.9 Å². The van der Waals surface area contributed by atoms with Crippen molar-refractivity contribution < 1.29 is 33.4 Å². The zero-order chi connectivity index (χ0) is 34.9. The van der Waals surface area contributed by atoms with Gasteiger partial charge in [-0.3, -0.25) is 9.59 Å². The van der Waals surface area contributed by atoms with E-state index >= 15 is 0 Å². The summed E-state index contributed by atoms with van der Waals surface area (Å²) in [6.45, 7) is 7.07. The minimum absolute atomic E-state index is 0.00436. The van der Waals surface area contributed by atoms with Crippen LogP contribution in [0.15, 0.2) is 65.6 Å². The van der Waals surface area contributed by atoms with E-state index in [1.54, 1.807) is 35.1 Å². The Hall–Kier alpha value is -4.09. The van der Waals surface area contributed by atoms with Crippen molar-refractivity contribution in [3.05, 3.63) is 72.0 Å². The van der Waals surface area contributed by atoms with Gasteiger partial charge in [-0.05, 0) is 87.8 Å². The molecule has 0 aromatic heterocycles. The summed E-state index contributed by atoms with van der Waals surface area (Å²) < 4.78 is 25.9. The number of aromatic hydroxyl groups is 1. The van der Waals surface area contributed by atoms with Gasteiger partial charge in [-0.2, -0.15) is 0 Å². The fourth-order valence-electron chi connectivity index (χ4n) is 6.76. The van der Waals surface area contributed by atoms with E-state index in [0.717, 1.165) is 34.7 Å². The molecule has 9 nitrogen and oxygen atoms in total. The number of hydrogen-bond acceptors (Lipinski definition) is 7. The predicted molar refractivity (Wildman–Crippen MR) is 189 cm³/mol. The number of halogens is 1. The normalized spacial score (nSPS) is 19.4. The average Bonchev–Trinajstić information content (AvgIpc) is 3.91. The zero-order valence-electron chi connectivity index (χ0n) is 28.5. The zero-order valence-corrected chi connectivity index (χ0v) is 29.3. The smallest absolute Gasteiger partial charge is 0.410 e. The highest BCUT2D eigenvalue weighted by Gasteiger charge is 2.44. The van der Waals surface area contributed by atoms with Gasteiger partial charge in [0.15, 0.2) is 11.6 Å². The number of ether oxygens (including phenoxy) is 2. The van der Waals surface area contributed by atoms with Gasteiger partial charge in [0.05, 0.1) is 17.4 Å². The van der Waals surface area contributed by atoms with E-state index in [1.165, 1.54) is 17.8 Å². The Labute approximate surface area is 291 Å². The molecule has 0 spiro atoms. The second-order valence-electron chi connectivity index (χ2n) is 14.0. The molecule has 3 amide bonds. The highest BCUT2D eigenvalue weighted by molar-refractivity contribution is 8.00. The number of methoxy groups -OCH3 is 1. The molecule has 3 aliphatic rings. The Kier molecular flexibility index (Phi) is 10.2. The fraction of sp³-hybridized carbons (Fsp3) is 0.447. The molecule has 3 aromatic rings. The van der Waals surface area contributed by atoms with Gasteiger partial charge in [-0.15, -0.1) is 11.8 Å². The van der Waals surface area contributed by atoms with Gasteiger partial charge in [0.2, 0.25) is 11.8 Å². The molecule has 0 bridgehead atoms. The molecule has 1 saturated heterocycles. The highest BCUT2D eigenvalue weighted by atomic mass is 32.2. The van der Waals surface area contributed by atoms with Crippen molar-refractivity contribution in [1.29, 1.82) is 0 Å².